The summed E-state index contributed by atoms with van der Waals surface area (Å²) in [5, 5.41) is 2.80. The molecule has 3 rings (SSSR count). The number of carbonyl (C=O) groups is 2. The molecule has 1 saturated heterocycles. The summed E-state index contributed by atoms with van der Waals surface area (Å²) in [5.74, 6) is 1.10. The third-order valence-corrected chi connectivity index (χ3v) is 4.60. The minimum atomic E-state index is -0.210. The molecular formula is C18H26ClN3O5. The van der Waals surface area contributed by atoms with Crippen LogP contribution in [0.3, 0.4) is 0 Å². The first-order valence-corrected chi connectivity index (χ1v) is 8.88. The van der Waals surface area contributed by atoms with E-state index in [4.69, 9.17) is 19.9 Å². The summed E-state index contributed by atoms with van der Waals surface area (Å²) < 4.78 is 16.5. The molecule has 0 saturated carbocycles. The third-order valence-electron chi connectivity index (χ3n) is 4.60. The van der Waals surface area contributed by atoms with Gasteiger partial charge in [-0.05, 0) is 25.0 Å². The number of rotatable bonds is 5. The summed E-state index contributed by atoms with van der Waals surface area (Å²) in [6, 6.07) is 3.34. The van der Waals surface area contributed by atoms with Gasteiger partial charge in [0.1, 0.15) is 13.2 Å². The lowest BCUT2D eigenvalue weighted by Gasteiger charge is -2.32. The van der Waals surface area contributed by atoms with Crippen LogP contribution in [0.2, 0.25) is 0 Å². The van der Waals surface area contributed by atoms with E-state index in [9.17, 15) is 9.59 Å². The topological polar surface area (TPSA) is 103 Å². The van der Waals surface area contributed by atoms with Crippen LogP contribution in [0.1, 0.15) is 23.2 Å². The number of likely N-dealkylation sites (tertiary alicyclic amines) is 1. The average molecular weight is 400 g/mol. The highest BCUT2D eigenvalue weighted by molar-refractivity contribution is 5.96. The zero-order chi connectivity index (χ0) is 18.5. The minimum absolute atomic E-state index is 0. The zero-order valence-corrected chi connectivity index (χ0v) is 16.2. The van der Waals surface area contributed by atoms with Gasteiger partial charge in [0.25, 0.3) is 5.91 Å². The quantitative estimate of drug-likeness (QED) is 0.759. The highest BCUT2D eigenvalue weighted by Gasteiger charge is 2.30. The number of hydrogen-bond acceptors (Lipinski definition) is 6. The first-order valence-electron chi connectivity index (χ1n) is 8.88. The normalized spacial score (nSPS) is 18.3. The Bertz CT molecular complexity index is 668. The molecule has 0 spiro atoms. The Balaban J connectivity index is 0.00000261. The molecule has 9 heteroatoms. The monoisotopic (exact) mass is 399 g/mol. The molecule has 27 heavy (non-hydrogen) atoms. The number of carbonyl (C=O) groups excluding carboxylic acids is 2. The van der Waals surface area contributed by atoms with Crippen molar-refractivity contribution in [3.63, 3.8) is 0 Å². The Hall–Kier alpha value is -2.19. The molecule has 1 fully saturated rings. The van der Waals surface area contributed by atoms with Gasteiger partial charge in [-0.2, -0.15) is 0 Å². The smallest absolute Gasteiger partial charge is 0.254 e. The maximum absolute atomic E-state index is 13.0. The van der Waals surface area contributed by atoms with Crippen molar-refractivity contribution in [3.05, 3.63) is 17.7 Å². The van der Waals surface area contributed by atoms with E-state index in [2.05, 4.69) is 5.32 Å². The fourth-order valence-electron chi connectivity index (χ4n) is 3.29. The molecule has 1 atom stereocenters. The molecule has 1 aromatic rings. The minimum Gasteiger partial charge on any atom is -0.493 e. The number of piperidine rings is 1. The first-order chi connectivity index (χ1) is 12.6. The van der Waals surface area contributed by atoms with Crippen LogP contribution in [0.15, 0.2) is 12.1 Å². The molecular weight excluding hydrogens is 374 g/mol. The number of benzene rings is 1. The van der Waals surface area contributed by atoms with E-state index >= 15 is 0 Å². The van der Waals surface area contributed by atoms with Crippen molar-refractivity contribution in [1.82, 2.24) is 10.2 Å². The fourth-order valence-corrected chi connectivity index (χ4v) is 3.29. The van der Waals surface area contributed by atoms with Gasteiger partial charge in [0.15, 0.2) is 11.5 Å². The Morgan fingerprint density at radius 3 is 2.85 bits per heavy atom. The third kappa shape index (κ3) is 4.75. The maximum atomic E-state index is 13.0. The van der Waals surface area contributed by atoms with Crippen LogP contribution in [-0.4, -0.2) is 63.2 Å². The first kappa shape index (κ1) is 21.1. The van der Waals surface area contributed by atoms with E-state index in [0.29, 0.717) is 62.2 Å². The number of nitrogens with two attached hydrogens (primary N) is 1. The second-order valence-electron chi connectivity index (χ2n) is 6.37. The van der Waals surface area contributed by atoms with Gasteiger partial charge < -0.3 is 30.2 Å². The molecule has 1 unspecified atom stereocenters. The Kier molecular flexibility index (Phi) is 7.55. The predicted molar refractivity (Wildman–Crippen MR) is 102 cm³/mol. The van der Waals surface area contributed by atoms with Crippen LogP contribution in [0.5, 0.6) is 17.2 Å². The largest absolute Gasteiger partial charge is 0.493 e. The summed E-state index contributed by atoms with van der Waals surface area (Å²) >= 11 is 0. The van der Waals surface area contributed by atoms with Crippen molar-refractivity contribution in [2.45, 2.75) is 12.8 Å². The van der Waals surface area contributed by atoms with Gasteiger partial charge in [0.2, 0.25) is 11.7 Å². The number of ether oxygens (including phenoxy) is 3. The molecule has 2 amide bonds. The van der Waals surface area contributed by atoms with Crippen LogP contribution in [-0.2, 0) is 4.79 Å². The van der Waals surface area contributed by atoms with Crippen molar-refractivity contribution >= 4 is 24.2 Å². The van der Waals surface area contributed by atoms with Crippen LogP contribution >= 0.6 is 12.4 Å². The van der Waals surface area contributed by atoms with E-state index in [1.54, 1.807) is 17.0 Å². The van der Waals surface area contributed by atoms with Crippen molar-refractivity contribution in [1.29, 1.82) is 0 Å². The van der Waals surface area contributed by atoms with Gasteiger partial charge >= 0.3 is 0 Å². The molecule has 8 nitrogen and oxygen atoms in total. The van der Waals surface area contributed by atoms with Crippen molar-refractivity contribution in [2.75, 3.05) is 46.5 Å². The molecule has 0 aromatic heterocycles. The molecule has 0 radical (unpaired) electrons. The fraction of sp³-hybridized carbons (Fsp3) is 0.556. The molecule has 0 bridgehead atoms. The lowest BCUT2D eigenvalue weighted by Crippen LogP contribution is -2.46. The molecule has 2 aliphatic rings. The number of nitrogens with zero attached hydrogens (tertiary/aromatic N) is 1. The van der Waals surface area contributed by atoms with E-state index in [-0.39, 0.29) is 30.1 Å². The number of methoxy groups -OCH3 is 1. The van der Waals surface area contributed by atoms with Gasteiger partial charge in [-0.3, -0.25) is 9.59 Å². The lowest BCUT2D eigenvalue weighted by molar-refractivity contribution is -0.126. The van der Waals surface area contributed by atoms with Crippen molar-refractivity contribution in [3.8, 4) is 17.2 Å². The van der Waals surface area contributed by atoms with Crippen LogP contribution in [0, 0.1) is 5.92 Å². The highest BCUT2D eigenvalue weighted by atomic mass is 35.5. The molecule has 2 aliphatic heterocycles. The van der Waals surface area contributed by atoms with Crippen LogP contribution in [0.4, 0.5) is 0 Å². The summed E-state index contributed by atoms with van der Waals surface area (Å²) in [7, 11) is 1.53. The van der Waals surface area contributed by atoms with Crippen molar-refractivity contribution < 1.29 is 23.8 Å². The van der Waals surface area contributed by atoms with E-state index < -0.39 is 0 Å². The number of halogens is 1. The summed E-state index contributed by atoms with van der Waals surface area (Å²) in [4.78, 5) is 26.9. The summed E-state index contributed by atoms with van der Waals surface area (Å²) in [6.45, 7) is 2.74. The van der Waals surface area contributed by atoms with E-state index in [1.165, 1.54) is 7.11 Å². The highest BCUT2D eigenvalue weighted by Crippen LogP contribution is 2.40. The number of amides is 2. The van der Waals surface area contributed by atoms with Gasteiger partial charge in [-0.25, -0.2) is 0 Å². The van der Waals surface area contributed by atoms with Gasteiger partial charge in [0.05, 0.1) is 13.0 Å². The molecule has 0 aliphatic carbocycles. The number of hydrogen-bond donors (Lipinski definition) is 2. The number of nitrogens with one attached hydrogen (secondary N) is 1. The zero-order valence-electron chi connectivity index (χ0n) is 15.4. The van der Waals surface area contributed by atoms with Gasteiger partial charge in [-0.1, -0.05) is 0 Å². The Labute approximate surface area is 164 Å². The van der Waals surface area contributed by atoms with Crippen LogP contribution < -0.4 is 25.3 Å². The number of fused-ring (bicyclic) bond motifs is 1. The average Bonchev–Trinajstić information content (AvgIpc) is 2.70. The Morgan fingerprint density at radius 1 is 1.33 bits per heavy atom. The summed E-state index contributed by atoms with van der Waals surface area (Å²) in [6.07, 6.45) is 1.55. The van der Waals surface area contributed by atoms with E-state index in [1.807, 2.05) is 0 Å². The second kappa shape index (κ2) is 9.66. The molecule has 1 aromatic carbocycles. The van der Waals surface area contributed by atoms with Crippen molar-refractivity contribution in [2.24, 2.45) is 11.7 Å². The molecule has 150 valence electrons. The molecule has 3 N–H and O–H groups in total. The maximum Gasteiger partial charge on any atom is 0.254 e. The van der Waals surface area contributed by atoms with Gasteiger partial charge in [0, 0.05) is 31.7 Å². The second-order valence-corrected chi connectivity index (χ2v) is 6.37. The predicted octanol–water partition coefficient (Wildman–Crippen LogP) is 0.815. The Morgan fingerprint density at radius 2 is 2.11 bits per heavy atom. The summed E-state index contributed by atoms with van der Waals surface area (Å²) in [5.41, 5.74) is 5.89. The SMILES string of the molecule is COc1cc(C(=O)N2CCCC(C(=O)NCCN)C2)cc2c1OCCO2.Cl. The molecule has 2 heterocycles. The van der Waals surface area contributed by atoms with Crippen LogP contribution in [0.25, 0.3) is 0 Å². The van der Waals surface area contributed by atoms with E-state index in [0.717, 1.165) is 12.8 Å². The standard InChI is InChI=1S/C18H25N3O5.ClH/c1-24-14-9-13(10-15-16(14)26-8-7-25-15)18(23)21-6-2-3-12(11-21)17(22)20-5-4-19;/h9-10,12H,2-8,11,19H2,1H3,(H,20,22);1H. The lowest BCUT2D eigenvalue weighted by atomic mass is 9.96. The van der Waals surface area contributed by atoms with Gasteiger partial charge in [-0.15, -0.1) is 12.4 Å².